The SMILES string of the molecule is Cl.O=CC(=O)C1CCCCN1. The fourth-order valence-corrected chi connectivity index (χ4v) is 1.18. The number of piperidine rings is 1. The molecule has 1 heterocycles. The Morgan fingerprint density at radius 2 is 2.18 bits per heavy atom. The summed E-state index contributed by atoms with van der Waals surface area (Å²) in [5, 5.41) is 2.99. The number of rotatable bonds is 2. The molecule has 11 heavy (non-hydrogen) atoms. The summed E-state index contributed by atoms with van der Waals surface area (Å²) in [5.41, 5.74) is 0. The predicted octanol–water partition coefficient (Wildman–Crippen LogP) is 0.318. The summed E-state index contributed by atoms with van der Waals surface area (Å²) in [6, 6.07) is -0.189. The first kappa shape index (κ1) is 10.6. The van der Waals surface area contributed by atoms with Crippen molar-refractivity contribution in [1.29, 1.82) is 0 Å². The molecule has 1 aliphatic heterocycles. The summed E-state index contributed by atoms with van der Waals surface area (Å²) < 4.78 is 0. The van der Waals surface area contributed by atoms with Gasteiger partial charge in [0.15, 0.2) is 6.29 Å². The van der Waals surface area contributed by atoms with Crippen molar-refractivity contribution in [2.75, 3.05) is 6.54 Å². The molecule has 1 aliphatic rings. The van der Waals surface area contributed by atoms with Crippen LogP contribution in [0.4, 0.5) is 0 Å². The lowest BCUT2D eigenvalue weighted by atomic mass is 10.0. The van der Waals surface area contributed by atoms with Gasteiger partial charge in [-0.05, 0) is 19.4 Å². The maximum absolute atomic E-state index is 10.7. The minimum Gasteiger partial charge on any atom is -0.307 e. The minimum atomic E-state index is -0.306. The number of ketones is 1. The zero-order valence-corrected chi connectivity index (χ0v) is 7.02. The second-order valence-electron chi connectivity index (χ2n) is 2.52. The average Bonchev–Trinajstić information content (AvgIpc) is 2.05. The quantitative estimate of drug-likeness (QED) is 0.488. The summed E-state index contributed by atoms with van der Waals surface area (Å²) in [6.45, 7) is 0.865. The molecule has 1 rings (SSSR count). The van der Waals surface area contributed by atoms with Crippen molar-refractivity contribution >= 4 is 24.5 Å². The van der Waals surface area contributed by atoms with Crippen molar-refractivity contribution in [3.63, 3.8) is 0 Å². The second kappa shape index (κ2) is 5.27. The van der Waals surface area contributed by atoms with Crippen LogP contribution in [0.15, 0.2) is 0 Å². The van der Waals surface area contributed by atoms with Gasteiger partial charge in [-0.15, -0.1) is 12.4 Å². The Labute approximate surface area is 71.9 Å². The highest BCUT2D eigenvalue weighted by Crippen LogP contribution is 2.06. The third-order valence-electron chi connectivity index (χ3n) is 1.77. The maximum atomic E-state index is 10.7. The summed E-state index contributed by atoms with van der Waals surface area (Å²) in [6.07, 6.45) is 3.39. The summed E-state index contributed by atoms with van der Waals surface area (Å²) >= 11 is 0. The molecule has 1 fully saturated rings. The summed E-state index contributed by atoms with van der Waals surface area (Å²) in [7, 11) is 0. The molecule has 0 saturated carbocycles. The molecular formula is C7H12ClNO2. The van der Waals surface area contributed by atoms with Crippen molar-refractivity contribution in [3.05, 3.63) is 0 Å². The van der Waals surface area contributed by atoms with E-state index < -0.39 is 0 Å². The van der Waals surface area contributed by atoms with Gasteiger partial charge in [-0.25, -0.2) is 0 Å². The van der Waals surface area contributed by atoms with Crippen LogP contribution in [-0.2, 0) is 9.59 Å². The van der Waals surface area contributed by atoms with Crippen molar-refractivity contribution in [3.8, 4) is 0 Å². The Balaban J connectivity index is 0.000001000. The van der Waals surface area contributed by atoms with Gasteiger partial charge in [-0.3, -0.25) is 9.59 Å². The van der Waals surface area contributed by atoms with Crippen LogP contribution in [0.5, 0.6) is 0 Å². The zero-order valence-electron chi connectivity index (χ0n) is 6.21. The Kier molecular flexibility index (Phi) is 5.07. The van der Waals surface area contributed by atoms with E-state index in [1.54, 1.807) is 0 Å². The molecule has 1 atom stereocenters. The Morgan fingerprint density at radius 3 is 2.64 bits per heavy atom. The van der Waals surface area contributed by atoms with Gasteiger partial charge in [-0.1, -0.05) is 6.42 Å². The molecule has 3 nitrogen and oxygen atoms in total. The molecule has 0 radical (unpaired) electrons. The van der Waals surface area contributed by atoms with Crippen LogP contribution >= 0.6 is 12.4 Å². The molecule has 4 heteroatoms. The van der Waals surface area contributed by atoms with Gasteiger partial charge in [0.25, 0.3) is 0 Å². The highest BCUT2D eigenvalue weighted by molar-refractivity contribution is 6.27. The number of carbonyl (C=O) groups excluding carboxylic acids is 2. The van der Waals surface area contributed by atoms with Gasteiger partial charge in [0.2, 0.25) is 5.78 Å². The number of Topliss-reactive ketones (excluding diaryl/α,β-unsaturated/α-hetero) is 1. The molecule has 1 N–H and O–H groups in total. The molecule has 0 spiro atoms. The number of halogens is 1. The fourth-order valence-electron chi connectivity index (χ4n) is 1.18. The van der Waals surface area contributed by atoms with E-state index in [4.69, 9.17) is 0 Å². The Bertz CT molecular complexity index is 143. The smallest absolute Gasteiger partial charge is 0.211 e. The van der Waals surface area contributed by atoms with Gasteiger partial charge < -0.3 is 5.32 Å². The van der Waals surface area contributed by atoms with Crippen LogP contribution in [0.3, 0.4) is 0 Å². The third kappa shape index (κ3) is 2.99. The van der Waals surface area contributed by atoms with E-state index in [0.29, 0.717) is 6.29 Å². The maximum Gasteiger partial charge on any atom is 0.211 e. The largest absolute Gasteiger partial charge is 0.307 e. The van der Waals surface area contributed by atoms with Crippen molar-refractivity contribution in [2.24, 2.45) is 0 Å². The van der Waals surface area contributed by atoms with Crippen molar-refractivity contribution in [2.45, 2.75) is 25.3 Å². The number of hydrogen-bond donors (Lipinski definition) is 1. The molecule has 0 amide bonds. The zero-order chi connectivity index (χ0) is 7.40. The highest BCUT2D eigenvalue weighted by atomic mass is 35.5. The van der Waals surface area contributed by atoms with E-state index in [0.717, 1.165) is 25.8 Å². The van der Waals surface area contributed by atoms with E-state index in [-0.39, 0.29) is 24.2 Å². The van der Waals surface area contributed by atoms with Crippen LogP contribution in [0.1, 0.15) is 19.3 Å². The third-order valence-corrected chi connectivity index (χ3v) is 1.77. The standard InChI is InChI=1S/C7H11NO2.ClH/c9-5-7(10)6-3-1-2-4-8-6;/h5-6,8H,1-4H2;1H. The monoisotopic (exact) mass is 177 g/mol. The molecule has 0 aromatic heterocycles. The number of hydrogen-bond acceptors (Lipinski definition) is 3. The van der Waals surface area contributed by atoms with Gasteiger partial charge in [0, 0.05) is 0 Å². The second-order valence-corrected chi connectivity index (χ2v) is 2.52. The van der Waals surface area contributed by atoms with Crippen LogP contribution in [0.2, 0.25) is 0 Å². The molecular weight excluding hydrogens is 166 g/mol. The topological polar surface area (TPSA) is 46.2 Å². The lowest BCUT2D eigenvalue weighted by Gasteiger charge is -2.19. The first-order valence-electron chi connectivity index (χ1n) is 3.57. The Hall–Kier alpha value is -0.410. The molecule has 64 valence electrons. The first-order chi connectivity index (χ1) is 4.84. The summed E-state index contributed by atoms with van der Waals surface area (Å²) in [4.78, 5) is 20.8. The lowest BCUT2D eigenvalue weighted by Crippen LogP contribution is -2.40. The van der Waals surface area contributed by atoms with E-state index >= 15 is 0 Å². The van der Waals surface area contributed by atoms with Crippen molar-refractivity contribution in [1.82, 2.24) is 5.32 Å². The normalized spacial score (nSPS) is 23.5. The Morgan fingerprint density at radius 1 is 1.45 bits per heavy atom. The minimum absolute atomic E-state index is 0. The van der Waals surface area contributed by atoms with E-state index in [1.807, 2.05) is 0 Å². The first-order valence-corrected chi connectivity index (χ1v) is 3.57. The molecule has 0 aliphatic carbocycles. The number of aldehydes is 1. The van der Waals surface area contributed by atoms with Crippen molar-refractivity contribution < 1.29 is 9.59 Å². The average molecular weight is 178 g/mol. The predicted molar refractivity (Wildman–Crippen MR) is 44.0 cm³/mol. The molecule has 1 unspecified atom stereocenters. The molecule has 1 saturated heterocycles. The van der Waals surface area contributed by atoms with Gasteiger partial charge in [-0.2, -0.15) is 0 Å². The van der Waals surface area contributed by atoms with Crippen LogP contribution in [0, 0.1) is 0 Å². The van der Waals surface area contributed by atoms with Crippen LogP contribution in [-0.4, -0.2) is 24.7 Å². The van der Waals surface area contributed by atoms with Gasteiger partial charge in [0.1, 0.15) is 0 Å². The van der Waals surface area contributed by atoms with Gasteiger partial charge in [0.05, 0.1) is 6.04 Å². The van der Waals surface area contributed by atoms with Crippen LogP contribution < -0.4 is 5.32 Å². The molecule has 0 aromatic carbocycles. The van der Waals surface area contributed by atoms with E-state index in [2.05, 4.69) is 5.32 Å². The molecule has 0 aromatic rings. The highest BCUT2D eigenvalue weighted by Gasteiger charge is 2.18. The summed E-state index contributed by atoms with van der Waals surface area (Å²) in [5.74, 6) is -0.306. The van der Waals surface area contributed by atoms with Gasteiger partial charge >= 0.3 is 0 Å². The van der Waals surface area contributed by atoms with E-state index in [9.17, 15) is 9.59 Å². The van der Waals surface area contributed by atoms with E-state index in [1.165, 1.54) is 0 Å². The molecule has 0 bridgehead atoms. The number of carbonyl (C=O) groups is 2. The van der Waals surface area contributed by atoms with Crippen LogP contribution in [0.25, 0.3) is 0 Å². The lowest BCUT2D eigenvalue weighted by molar-refractivity contribution is -0.131. The number of nitrogens with one attached hydrogen (secondary N) is 1. The fraction of sp³-hybridized carbons (Fsp3) is 0.714.